The lowest BCUT2D eigenvalue weighted by molar-refractivity contribution is -0.147. The minimum absolute atomic E-state index is 0.0242. The standard InChI is InChI=1S/C27H28FNO5/c1-4-33-27(31)24-16(2)29-20-6-5-7-21(30)26(20)25(24)18-10-13-22(23(14-18)32-3)34-15-17-8-11-19(28)12-9-17/h8-14,24-25,29H,2,4-7,15H2,1,3H3. The Morgan fingerprint density at radius 1 is 1.15 bits per heavy atom. The van der Waals surface area contributed by atoms with E-state index in [1.54, 1.807) is 31.2 Å². The monoisotopic (exact) mass is 465 g/mol. The van der Waals surface area contributed by atoms with Gasteiger partial charge >= 0.3 is 5.97 Å². The molecule has 6 nitrogen and oxygen atoms in total. The molecule has 0 radical (unpaired) electrons. The summed E-state index contributed by atoms with van der Waals surface area (Å²) in [5.41, 5.74) is 3.51. The molecular weight excluding hydrogens is 437 g/mol. The van der Waals surface area contributed by atoms with Crippen LogP contribution >= 0.6 is 0 Å². The summed E-state index contributed by atoms with van der Waals surface area (Å²) in [6.45, 7) is 6.30. The molecule has 0 saturated heterocycles. The molecule has 2 atom stereocenters. The Labute approximate surface area is 198 Å². The zero-order valence-corrected chi connectivity index (χ0v) is 19.4. The molecule has 0 aromatic heterocycles. The van der Waals surface area contributed by atoms with Gasteiger partial charge in [0, 0.05) is 29.3 Å². The van der Waals surface area contributed by atoms with E-state index in [1.165, 1.54) is 19.2 Å². The maximum Gasteiger partial charge on any atom is 0.315 e. The molecular formula is C27H28FNO5. The molecule has 0 saturated carbocycles. The predicted molar refractivity (Wildman–Crippen MR) is 125 cm³/mol. The fraction of sp³-hybridized carbons (Fsp3) is 0.333. The van der Waals surface area contributed by atoms with Gasteiger partial charge in [-0.05, 0) is 55.2 Å². The van der Waals surface area contributed by atoms with E-state index in [0.29, 0.717) is 29.2 Å². The number of carbonyl (C=O) groups is 2. The molecule has 7 heteroatoms. The predicted octanol–water partition coefficient (Wildman–Crippen LogP) is 4.80. The Morgan fingerprint density at radius 3 is 2.62 bits per heavy atom. The fourth-order valence-corrected chi connectivity index (χ4v) is 4.60. The van der Waals surface area contributed by atoms with Gasteiger partial charge < -0.3 is 19.5 Å². The molecule has 0 fully saturated rings. The quantitative estimate of drug-likeness (QED) is 0.592. The number of ether oxygens (including phenoxy) is 3. The molecule has 178 valence electrons. The summed E-state index contributed by atoms with van der Waals surface area (Å²) in [5.74, 6) is -1.01. The number of allylic oxidation sites excluding steroid dienone is 2. The topological polar surface area (TPSA) is 73.9 Å². The van der Waals surface area contributed by atoms with Crippen LogP contribution in [0.4, 0.5) is 4.39 Å². The fourth-order valence-electron chi connectivity index (χ4n) is 4.60. The lowest BCUT2D eigenvalue weighted by atomic mass is 9.71. The molecule has 1 aliphatic carbocycles. The van der Waals surface area contributed by atoms with Crippen LogP contribution in [-0.2, 0) is 20.9 Å². The van der Waals surface area contributed by atoms with Crippen LogP contribution in [0, 0.1) is 11.7 Å². The maximum atomic E-state index is 13.2. The SMILES string of the molecule is C=C1NC2=C(C(=O)CCC2)C(c2ccc(OCc3ccc(F)cc3)c(OC)c2)C1C(=O)OCC. The molecule has 0 bridgehead atoms. The number of hydrogen-bond acceptors (Lipinski definition) is 6. The van der Waals surface area contributed by atoms with Gasteiger partial charge in [-0.15, -0.1) is 0 Å². The summed E-state index contributed by atoms with van der Waals surface area (Å²) in [6.07, 6.45) is 1.92. The number of hydrogen-bond donors (Lipinski definition) is 1. The lowest BCUT2D eigenvalue weighted by Crippen LogP contribution is -2.41. The number of methoxy groups -OCH3 is 1. The summed E-state index contributed by atoms with van der Waals surface area (Å²) >= 11 is 0. The first-order chi connectivity index (χ1) is 16.4. The minimum atomic E-state index is -0.739. The van der Waals surface area contributed by atoms with Gasteiger partial charge in [-0.3, -0.25) is 9.59 Å². The highest BCUT2D eigenvalue weighted by atomic mass is 19.1. The van der Waals surface area contributed by atoms with E-state index < -0.39 is 17.8 Å². The molecule has 2 aromatic carbocycles. The molecule has 4 rings (SSSR count). The van der Waals surface area contributed by atoms with Gasteiger partial charge in [-0.25, -0.2) is 4.39 Å². The first-order valence-corrected chi connectivity index (χ1v) is 11.4. The summed E-state index contributed by atoms with van der Waals surface area (Å²) in [6, 6.07) is 11.5. The Balaban J connectivity index is 1.70. The van der Waals surface area contributed by atoms with Crippen LogP contribution < -0.4 is 14.8 Å². The second-order valence-corrected chi connectivity index (χ2v) is 8.35. The number of rotatable bonds is 7. The van der Waals surface area contributed by atoms with E-state index in [0.717, 1.165) is 29.7 Å². The number of esters is 1. The zero-order chi connectivity index (χ0) is 24.2. The van der Waals surface area contributed by atoms with Crippen LogP contribution in [0.5, 0.6) is 11.5 Å². The van der Waals surface area contributed by atoms with Crippen LogP contribution in [0.25, 0.3) is 0 Å². The highest BCUT2D eigenvalue weighted by molar-refractivity contribution is 6.00. The van der Waals surface area contributed by atoms with Gasteiger partial charge in [0.05, 0.1) is 13.7 Å². The molecule has 1 heterocycles. The summed E-state index contributed by atoms with van der Waals surface area (Å²) in [4.78, 5) is 25.9. The smallest absolute Gasteiger partial charge is 0.315 e. The van der Waals surface area contributed by atoms with E-state index >= 15 is 0 Å². The van der Waals surface area contributed by atoms with E-state index in [9.17, 15) is 14.0 Å². The van der Waals surface area contributed by atoms with Crippen LogP contribution in [0.3, 0.4) is 0 Å². The molecule has 0 amide bonds. The van der Waals surface area contributed by atoms with Gasteiger partial charge in [0.15, 0.2) is 17.3 Å². The lowest BCUT2D eigenvalue weighted by Gasteiger charge is -2.38. The maximum absolute atomic E-state index is 13.2. The molecule has 34 heavy (non-hydrogen) atoms. The number of halogens is 1. The van der Waals surface area contributed by atoms with Gasteiger partial charge in [0.1, 0.15) is 18.3 Å². The van der Waals surface area contributed by atoms with Crippen molar-refractivity contribution in [2.45, 2.75) is 38.7 Å². The van der Waals surface area contributed by atoms with E-state index in [2.05, 4.69) is 11.9 Å². The molecule has 2 unspecified atom stereocenters. The van der Waals surface area contributed by atoms with Gasteiger partial charge in [-0.1, -0.05) is 24.8 Å². The summed E-state index contributed by atoms with van der Waals surface area (Å²) in [7, 11) is 1.53. The zero-order valence-electron chi connectivity index (χ0n) is 19.4. The van der Waals surface area contributed by atoms with Crippen molar-refractivity contribution >= 4 is 11.8 Å². The normalized spacial score (nSPS) is 19.9. The van der Waals surface area contributed by atoms with Gasteiger partial charge in [0.2, 0.25) is 0 Å². The number of ketones is 1. The molecule has 1 aliphatic heterocycles. The Hall–Kier alpha value is -3.61. The average molecular weight is 466 g/mol. The highest BCUT2D eigenvalue weighted by Crippen LogP contribution is 2.46. The molecule has 0 spiro atoms. The van der Waals surface area contributed by atoms with Crippen molar-refractivity contribution in [3.63, 3.8) is 0 Å². The third kappa shape index (κ3) is 4.69. The van der Waals surface area contributed by atoms with Crippen molar-refractivity contribution < 1.29 is 28.2 Å². The van der Waals surface area contributed by atoms with Crippen molar-refractivity contribution in [3.05, 3.63) is 83.0 Å². The van der Waals surface area contributed by atoms with Crippen LogP contribution in [0.15, 0.2) is 66.0 Å². The molecule has 2 aromatic rings. The highest BCUT2D eigenvalue weighted by Gasteiger charge is 2.44. The van der Waals surface area contributed by atoms with E-state index in [1.807, 2.05) is 6.07 Å². The largest absolute Gasteiger partial charge is 0.493 e. The first kappa shape index (κ1) is 23.5. The Kier molecular flexibility index (Phi) is 7.01. The number of carbonyl (C=O) groups excluding carboxylic acids is 2. The number of Topliss-reactive ketones (excluding diaryl/α,β-unsaturated/α-hetero) is 1. The second-order valence-electron chi connectivity index (χ2n) is 8.35. The molecule has 2 aliphatic rings. The van der Waals surface area contributed by atoms with Crippen molar-refractivity contribution in [3.8, 4) is 11.5 Å². The second kappa shape index (κ2) is 10.1. The van der Waals surface area contributed by atoms with E-state index in [4.69, 9.17) is 14.2 Å². The minimum Gasteiger partial charge on any atom is -0.493 e. The average Bonchev–Trinajstić information content (AvgIpc) is 2.83. The van der Waals surface area contributed by atoms with Crippen LogP contribution in [0.2, 0.25) is 0 Å². The summed E-state index contributed by atoms with van der Waals surface area (Å²) < 4.78 is 30.0. The Morgan fingerprint density at radius 2 is 1.91 bits per heavy atom. The van der Waals surface area contributed by atoms with Gasteiger partial charge in [0.25, 0.3) is 0 Å². The number of nitrogens with one attached hydrogen (secondary N) is 1. The molecule has 1 N–H and O–H groups in total. The third-order valence-corrected chi connectivity index (χ3v) is 6.18. The first-order valence-electron chi connectivity index (χ1n) is 11.4. The van der Waals surface area contributed by atoms with Crippen molar-refractivity contribution in [1.82, 2.24) is 5.32 Å². The van der Waals surface area contributed by atoms with Crippen molar-refractivity contribution in [1.29, 1.82) is 0 Å². The van der Waals surface area contributed by atoms with Crippen molar-refractivity contribution in [2.75, 3.05) is 13.7 Å². The summed E-state index contributed by atoms with van der Waals surface area (Å²) in [5, 5.41) is 3.20. The van der Waals surface area contributed by atoms with E-state index in [-0.39, 0.29) is 24.8 Å². The van der Waals surface area contributed by atoms with Gasteiger partial charge in [-0.2, -0.15) is 0 Å². The van der Waals surface area contributed by atoms with Crippen LogP contribution in [-0.4, -0.2) is 25.5 Å². The number of benzene rings is 2. The van der Waals surface area contributed by atoms with Crippen LogP contribution in [0.1, 0.15) is 43.2 Å². The Bertz CT molecular complexity index is 1140. The van der Waals surface area contributed by atoms with Crippen molar-refractivity contribution in [2.24, 2.45) is 5.92 Å². The third-order valence-electron chi connectivity index (χ3n) is 6.18.